The molecule has 2 N–H and O–H groups in total. The number of anilines is 1. The van der Waals surface area contributed by atoms with E-state index in [0.29, 0.717) is 28.7 Å². The Balaban J connectivity index is 1.42. The van der Waals surface area contributed by atoms with E-state index in [1.165, 1.54) is 27.8 Å². The second kappa shape index (κ2) is 8.60. The maximum atomic E-state index is 12.6. The van der Waals surface area contributed by atoms with E-state index in [9.17, 15) is 13.2 Å². The van der Waals surface area contributed by atoms with Crippen molar-refractivity contribution >= 4 is 72.0 Å². The fourth-order valence-corrected chi connectivity index (χ4v) is 6.41. The molecule has 0 aliphatic carbocycles. The summed E-state index contributed by atoms with van der Waals surface area (Å²) in [6.45, 7) is 1.11. The van der Waals surface area contributed by atoms with E-state index >= 15 is 0 Å². The lowest BCUT2D eigenvalue weighted by Crippen LogP contribution is -2.33. The van der Waals surface area contributed by atoms with Gasteiger partial charge in [-0.3, -0.25) is 10.1 Å². The molecule has 0 spiro atoms. The monoisotopic (exact) mass is 479 g/mol. The first-order chi connectivity index (χ1) is 14.4. The number of fused-ring (bicyclic) bond motifs is 1. The quantitative estimate of drug-likeness (QED) is 0.540. The zero-order valence-electron chi connectivity index (χ0n) is 15.7. The number of nitrogens with zero attached hydrogens (tertiary/aromatic N) is 1. The maximum Gasteiger partial charge on any atom is 0.269 e. The van der Waals surface area contributed by atoms with Crippen LogP contribution in [0.2, 0.25) is 5.02 Å². The summed E-state index contributed by atoms with van der Waals surface area (Å²) in [6.07, 6.45) is 1.77. The average molecular weight is 480 g/mol. The summed E-state index contributed by atoms with van der Waals surface area (Å²) in [4.78, 5) is 13.2. The zero-order valence-corrected chi connectivity index (χ0v) is 18.9. The first-order valence-corrected chi connectivity index (χ1v) is 12.3. The summed E-state index contributed by atoms with van der Waals surface area (Å²) in [5, 5.41) is 6.83. The number of hydrogen-bond donors (Lipinski definition) is 2. The minimum atomic E-state index is -3.47. The van der Waals surface area contributed by atoms with E-state index in [-0.39, 0.29) is 10.0 Å². The molecule has 156 valence electrons. The SMILES string of the molecule is O=C(NC(=S)Nc1ccc(S(=O)(=O)N2CCCC2)cc1)c1sc2ccccc2c1Cl. The minimum absolute atomic E-state index is 0.101. The summed E-state index contributed by atoms with van der Waals surface area (Å²) < 4.78 is 27.6. The number of amides is 1. The summed E-state index contributed by atoms with van der Waals surface area (Å²) in [6, 6.07) is 13.8. The molecule has 1 saturated heterocycles. The Labute approximate surface area is 188 Å². The van der Waals surface area contributed by atoms with Crippen LogP contribution in [0.15, 0.2) is 53.4 Å². The number of halogens is 1. The van der Waals surface area contributed by atoms with E-state index in [1.54, 1.807) is 12.1 Å². The molecule has 10 heteroatoms. The maximum absolute atomic E-state index is 12.6. The predicted molar refractivity (Wildman–Crippen MR) is 125 cm³/mol. The molecule has 6 nitrogen and oxygen atoms in total. The lowest BCUT2D eigenvalue weighted by Gasteiger charge is -2.16. The number of benzene rings is 2. The van der Waals surface area contributed by atoms with Crippen molar-refractivity contribution in [3.63, 3.8) is 0 Å². The molecule has 0 radical (unpaired) electrons. The van der Waals surface area contributed by atoms with Crippen molar-refractivity contribution in [3.8, 4) is 0 Å². The number of sulfonamides is 1. The molecule has 0 unspecified atom stereocenters. The number of rotatable bonds is 4. The van der Waals surface area contributed by atoms with Crippen LogP contribution in [0, 0.1) is 0 Å². The van der Waals surface area contributed by atoms with Crippen LogP contribution in [0.3, 0.4) is 0 Å². The highest BCUT2D eigenvalue weighted by atomic mass is 35.5. The third-order valence-corrected chi connectivity index (χ3v) is 8.57. The Hall–Kier alpha value is -2.04. The molecule has 0 bridgehead atoms. The molecule has 1 aliphatic heterocycles. The smallest absolute Gasteiger partial charge is 0.269 e. The van der Waals surface area contributed by atoms with Gasteiger partial charge in [0.1, 0.15) is 4.88 Å². The molecule has 2 heterocycles. The summed E-state index contributed by atoms with van der Waals surface area (Å²) >= 11 is 12.9. The number of nitrogens with one attached hydrogen (secondary N) is 2. The van der Waals surface area contributed by atoms with Crippen molar-refractivity contribution in [2.24, 2.45) is 0 Å². The lowest BCUT2D eigenvalue weighted by molar-refractivity contribution is 0.0982. The number of carbonyl (C=O) groups excluding carboxylic acids is 1. The van der Waals surface area contributed by atoms with Gasteiger partial charge in [-0.1, -0.05) is 29.8 Å². The average Bonchev–Trinajstić information content (AvgIpc) is 3.38. The van der Waals surface area contributed by atoms with Crippen molar-refractivity contribution in [2.45, 2.75) is 17.7 Å². The topological polar surface area (TPSA) is 78.5 Å². The molecule has 4 rings (SSSR count). The van der Waals surface area contributed by atoms with Crippen molar-refractivity contribution in [3.05, 3.63) is 58.4 Å². The van der Waals surface area contributed by atoms with Crippen LogP contribution in [-0.4, -0.2) is 36.8 Å². The first-order valence-electron chi connectivity index (χ1n) is 9.26. The molecule has 3 aromatic rings. The summed E-state index contributed by atoms with van der Waals surface area (Å²) in [5.74, 6) is -0.396. The highest BCUT2D eigenvalue weighted by Crippen LogP contribution is 2.35. The van der Waals surface area contributed by atoms with Crippen molar-refractivity contribution < 1.29 is 13.2 Å². The molecule has 1 aliphatic rings. The standard InChI is InChI=1S/C20H18ClN3O3S3/c21-17-15-5-1-2-6-16(15)29-18(17)19(25)23-20(28)22-13-7-9-14(10-8-13)30(26,27)24-11-3-4-12-24/h1-2,5-10H,3-4,11-12H2,(H2,22,23,25,28). The van der Waals surface area contributed by atoms with E-state index in [4.69, 9.17) is 23.8 Å². The fraction of sp³-hybridized carbons (Fsp3) is 0.200. The van der Waals surface area contributed by atoms with Gasteiger partial charge in [-0.05, 0) is 55.4 Å². The van der Waals surface area contributed by atoms with Crippen LogP contribution >= 0.6 is 35.2 Å². The zero-order chi connectivity index (χ0) is 21.3. The fourth-order valence-electron chi connectivity index (χ4n) is 3.27. The predicted octanol–water partition coefficient (Wildman–Crippen LogP) is 4.47. The van der Waals surface area contributed by atoms with E-state index < -0.39 is 15.9 Å². The van der Waals surface area contributed by atoms with Crippen LogP contribution in [0.4, 0.5) is 5.69 Å². The van der Waals surface area contributed by atoms with Crippen molar-refractivity contribution in [1.29, 1.82) is 0 Å². The van der Waals surface area contributed by atoms with Crippen molar-refractivity contribution in [1.82, 2.24) is 9.62 Å². The van der Waals surface area contributed by atoms with Gasteiger partial charge in [0.2, 0.25) is 10.0 Å². The van der Waals surface area contributed by atoms with E-state index in [1.807, 2.05) is 24.3 Å². The van der Waals surface area contributed by atoms with Gasteiger partial charge in [0.05, 0.1) is 9.92 Å². The van der Waals surface area contributed by atoms with Gasteiger partial charge in [0.15, 0.2) is 5.11 Å². The summed E-state index contributed by atoms with van der Waals surface area (Å²) in [5.41, 5.74) is 0.572. The Morgan fingerprint density at radius 1 is 1.07 bits per heavy atom. The van der Waals surface area contributed by atoms with Gasteiger partial charge in [0.25, 0.3) is 5.91 Å². The van der Waals surface area contributed by atoms with Gasteiger partial charge in [-0.15, -0.1) is 11.3 Å². The highest BCUT2D eigenvalue weighted by Gasteiger charge is 2.27. The largest absolute Gasteiger partial charge is 0.332 e. The molecule has 0 atom stereocenters. The lowest BCUT2D eigenvalue weighted by atomic mass is 10.2. The molecule has 1 fully saturated rings. The van der Waals surface area contributed by atoms with Gasteiger partial charge in [0, 0.05) is 28.9 Å². The second-order valence-electron chi connectivity index (χ2n) is 6.79. The molecule has 2 aromatic carbocycles. The third kappa shape index (κ3) is 4.21. The Morgan fingerprint density at radius 3 is 2.40 bits per heavy atom. The Bertz CT molecular complexity index is 1220. The van der Waals surface area contributed by atoms with Gasteiger partial charge in [-0.2, -0.15) is 4.31 Å². The molecule has 1 aromatic heterocycles. The van der Waals surface area contributed by atoms with Gasteiger partial charge >= 0.3 is 0 Å². The van der Waals surface area contributed by atoms with E-state index in [2.05, 4.69) is 10.6 Å². The van der Waals surface area contributed by atoms with Crippen LogP contribution < -0.4 is 10.6 Å². The van der Waals surface area contributed by atoms with Crippen LogP contribution in [0.25, 0.3) is 10.1 Å². The molecule has 30 heavy (non-hydrogen) atoms. The van der Waals surface area contributed by atoms with Crippen LogP contribution in [0.1, 0.15) is 22.5 Å². The Kier molecular flexibility index (Phi) is 6.08. The van der Waals surface area contributed by atoms with E-state index in [0.717, 1.165) is 22.9 Å². The van der Waals surface area contributed by atoms with Crippen LogP contribution in [0.5, 0.6) is 0 Å². The molecule has 1 amide bonds. The number of carbonyl (C=O) groups is 1. The normalized spacial score (nSPS) is 14.7. The number of hydrogen-bond acceptors (Lipinski definition) is 5. The molecular weight excluding hydrogens is 462 g/mol. The third-order valence-electron chi connectivity index (χ3n) is 4.78. The first kappa shape index (κ1) is 21.2. The van der Waals surface area contributed by atoms with Gasteiger partial charge < -0.3 is 5.32 Å². The minimum Gasteiger partial charge on any atom is -0.332 e. The summed E-state index contributed by atoms with van der Waals surface area (Å²) in [7, 11) is -3.47. The molecular formula is C20H18ClN3O3S3. The van der Waals surface area contributed by atoms with Gasteiger partial charge in [-0.25, -0.2) is 8.42 Å². The second-order valence-corrected chi connectivity index (χ2v) is 10.6. The Morgan fingerprint density at radius 2 is 1.73 bits per heavy atom. The number of thiocarbonyl (C=S) groups is 1. The highest BCUT2D eigenvalue weighted by molar-refractivity contribution is 7.89. The molecule has 0 saturated carbocycles. The van der Waals surface area contributed by atoms with Crippen LogP contribution in [-0.2, 0) is 10.0 Å². The number of thiophene rings is 1. The van der Waals surface area contributed by atoms with Crippen molar-refractivity contribution in [2.75, 3.05) is 18.4 Å².